The van der Waals surface area contributed by atoms with Gasteiger partial charge < -0.3 is 11.1 Å². The van der Waals surface area contributed by atoms with Crippen LogP contribution in [0.15, 0.2) is 0 Å². The molecule has 0 radical (unpaired) electrons. The lowest BCUT2D eigenvalue weighted by molar-refractivity contribution is -0.120. The average Bonchev–Trinajstić information content (AvgIpc) is 2.84. The number of hydrogen-bond donors (Lipinski definition) is 2. The smallest absolute Gasteiger partial charge is 0.251 e. The van der Waals surface area contributed by atoms with Gasteiger partial charge in [-0.25, -0.2) is 0 Å². The lowest BCUT2D eigenvalue weighted by Crippen LogP contribution is -2.26. The van der Waals surface area contributed by atoms with E-state index >= 15 is 0 Å². The molecule has 0 unspecified atom stereocenters. The number of thiophene rings is 1. The number of fused-ring (bicyclic) bond motifs is 1. The Morgan fingerprint density at radius 2 is 2.09 bits per heavy atom. The predicted molar refractivity (Wildman–Crippen MR) is 101 cm³/mol. The Morgan fingerprint density at radius 3 is 2.61 bits per heavy atom. The Hall–Kier alpha value is -0.400. The highest BCUT2D eigenvalue weighted by Gasteiger charge is 2.66. The van der Waals surface area contributed by atoms with Crippen molar-refractivity contribution in [1.82, 2.24) is 0 Å². The molecule has 2 amide bonds. The molecule has 3 N–H and O–H groups in total. The molecule has 7 heteroatoms. The van der Waals surface area contributed by atoms with Crippen LogP contribution in [0.3, 0.4) is 0 Å². The molecule has 1 fully saturated rings. The lowest BCUT2D eigenvalue weighted by Gasteiger charge is -2.20. The van der Waals surface area contributed by atoms with Crippen molar-refractivity contribution in [1.29, 1.82) is 0 Å². The van der Waals surface area contributed by atoms with Crippen molar-refractivity contribution in [3.05, 3.63) is 16.0 Å². The van der Waals surface area contributed by atoms with Gasteiger partial charge in [0.05, 0.1) is 14.2 Å². The van der Waals surface area contributed by atoms with Crippen molar-refractivity contribution >= 4 is 60.0 Å². The average molecular weight is 464 g/mol. The molecule has 1 heterocycles. The van der Waals surface area contributed by atoms with E-state index in [4.69, 9.17) is 5.73 Å². The van der Waals surface area contributed by atoms with Gasteiger partial charge in [-0.2, -0.15) is 0 Å². The van der Waals surface area contributed by atoms with Crippen LogP contribution in [-0.2, 0) is 17.6 Å². The maximum Gasteiger partial charge on any atom is 0.251 e. The zero-order valence-electron chi connectivity index (χ0n) is 13.2. The highest BCUT2D eigenvalue weighted by Crippen LogP contribution is 2.66. The van der Waals surface area contributed by atoms with Gasteiger partial charge in [-0.3, -0.25) is 9.59 Å². The van der Waals surface area contributed by atoms with Crippen molar-refractivity contribution in [3.8, 4) is 0 Å². The van der Waals surface area contributed by atoms with Crippen LogP contribution in [0.5, 0.6) is 0 Å². The van der Waals surface area contributed by atoms with Crippen molar-refractivity contribution in [3.63, 3.8) is 0 Å². The normalized spacial score (nSPS) is 28.1. The summed E-state index contributed by atoms with van der Waals surface area (Å²) in [4.78, 5) is 25.7. The van der Waals surface area contributed by atoms with Gasteiger partial charge in [-0.15, -0.1) is 11.3 Å². The molecule has 1 aromatic heterocycles. The molecule has 1 aromatic rings. The number of rotatable bonds is 4. The molecule has 126 valence electrons. The van der Waals surface area contributed by atoms with Gasteiger partial charge in [-0.1, -0.05) is 45.2 Å². The summed E-state index contributed by atoms with van der Waals surface area (Å²) in [6, 6.07) is 0. The second-order valence-corrected chi connectivity index (χ2v) is 11.6. The van der Waals surface area contributed by atoms with E-state index in [0.717, 1.165) is 31.2 Å². The number of anilines is 1. The Kier molecular flexibility index (Phi) is 4.43. The molecule has 0 aliphatic heterocycles. The summed E-state index contributed by atoms with van der Waals surface area (Å²) < 4.78 is -0.353. The number of amides is 2. The van der Waals surface area contributed by atoms with Gasteiger partial charge >= 0.3 is 0 Å². The minimum Gasteiger partial charge on any atom is -0.365 e. The van der Waals surface area contributed by atoms with E-state index in [1.165, 1.54) is 16.2 Å². The zero-order chi connectivity index (χ0) is 17.0. The van der Waals surface area contributed by atoms with E-state index < -0.39 is 11.3 Å². The third-order valence-corrected chi connectivity index (χ3v) is 8.66. The van der Waals surface area contributed by atoms with Crippen LogP contribution in [0.1, 0.15) is 53.9 Å². The minimum atomic E-state index is -0.516. The standard InChI is InChI=1S/C16H20Br2N2O2S/c1-3-8-4-5-9-10(6-8)23-13(11(9)12(19)21)20-14(22)15(2)7-16(15,17)18/h8H,3-7H2,1-2H3,(H2,19,21)(H,20,22)/t8-,15+/m1/s1. The Morgan fingerprint density at radius 1 is 1.43 bits per heavy atom. The van der Waals surface area contributed by atoms with Crippen LogP contribution in [0.25, 0.3) is 0 Å². The van der Waals surface area contributed by atoms with Gasteiger partial charge in [-0.05, 0) is 44.1 Å². The van der Waals surface area contributed by atoms with Gasteiger partial charge in [0.1, 0.15) is 5.00 Å². The van der Waals surface area contributed by atoms with Crippen molar-refractivity contribution < 1.29 is 9.59 Å². The van der Waals surface area contributed by atoms with Gasteiger partial charge in [0, 0.05) is 4.88 Å². The molecule has 2 aliphatic rings. The highest BCUT2D eigenvalue weighted by atomic mass is 79.9. The summed E-state index contributed by atoms with van der Waals surface area (Å²) in [6.45, 7) is 4.09. The molecule has 23 heavy (non-hydrogen) atoms. The summed E-state index contributed by atoms with van der Waals surface area (Å²) in [6.07, 6.45) is 4.78. The number of alkyl halides is 2. The summed E-state index contributed by atoms with van der Waals surface area (Å²) in [5, 5.41) is 3.58. The quantitative estimate of drug-likeness (QED) is 0.656. The Balaban J connectivity index is 1.90. The Bertz CT molecular complexity index is 686. The molecular weight excluding hydrogens is 444 g/mol. The number of nitrogens with two attached hydrogens (primary N) is 1. The maximum atomic E-state index is 12.6. The first-order valence-corrected chi connectivity index (χ1v) is 10.2. The first kappa shape index (κ1) is 17.4. The van der Waals surface area contributed by atoms with Crippen molar-refractivity contribution in [2.75, 3.05) is 5.32 Å². The number of carbonyl (C=O) groups is 2. The van der Waals surface area contributed by atoms with E-state index in [0.29, 0.717) is 22.9 Å². The van der Waals surface area contributed by atoms with Crippen molar-refractivity contribution in [2.45, 2.75) is 49.2 Å². The van der Waals surface area contributed by atoms with E-state index in [1.807, 2.05) is 6.92 Å². The molecule has 3 rings (SSSR count). The first-order valence-electron chi connectivity index (χ1n) is 7.83. The van der Waals surface area contributed by atoms with Crippen LogP contribution in [-0.4, -0.2) is 15.0 Å². The fourth-order valence-electron chi connectivity index (χ4n) is 3.24. The molecule has 0 saturated heterocycles. The number of carbonyl (C=O) groups excluding carboxylic acids is 2. The van der Waals surface area contributed by atoms with Crippen LogP contribution < -0.4 is 11.1 Å². The molecular formula is C16H20Br2N2O2S. The third-order valence-electron chi connectivity index (χ3n) is 5.18. The highest BCUT2D eigenvalue weighted by molar-refractivity contribution is 9.25. The molecule has 2 aliphatic carbocycles. The minimum absolute atomic E-state index is 0.0839. The number of nitrogens with one attached hydrogen (secondary N) is 1. The Labute approximate surface area is 156 Å². The monoisotopic (exact) mass is 462 g/mol. The van der Waals surface area contributed by atoms with Gasteiger partial charge in [0.25, 0.3) is 5.91 Å². The van der Waals surface area contributed by atoms with Gasteiger partial charge in [0.15, 0.2) is 0 Å². The van der Waals surface area contributed by atoms with E-state index in [9.17, 15) is 9.59 Å². The molecule has 0 spiro atoms. The first-order chi connectivity index (χ1) is 10.7. The van der Waals surface area contributed by atoms with Crippen LogP contribution >= 0.6 is 43.2 Å². The van der Waals surface area contributed by atoms with Crippen LogP contribution in [0.4, 0.5) is 5.00 Å². The number of primary amides is 1. The molecule has 0 aromatic carbocycles. The number of halogens is 2. The summed E-state index contributed by atoms with van der Waals surface area (Å²) in [5.41, 5.74) is 6.66. The van der Waals surface area contributed by atoms with E-state index in [-0.39, 0.29) is 9.14 Å². The fourth-order valence-corrected chi connectivity index (χ4v) is 6.08. The topological polar surface area (TPSA) is 72.2 Å². The molecule has 0 bridgehead atoms. The fraction of sp³-hybridized carbons (Fsp3) is 0.625. The third kappa shape index (κ3) is 2.89. The van der Waals surface area contributed by atoms with E-state index in [2.05, 4.69) is 44.1 Å². The van der Waals surface area contributed by atoms with Gasteiger partial charge in [0.2, 0.25) is 5.91 Å². The zero-order valence-corrected chi connectivity index (χ0v) is 17.2. The van der Waals surface area contributed by atoms with Crippen molar-refractivity contribution in [2.24, 2.45) is 17.1 Å². The molecule has 4 nitrogen and oxygen atoms in total. The molecule has 1 saturated carbocycles. The van der Waals surface area contributed by atoms with E-state index in [1.54, 1.807) is 0 Å². The number of hydrogen-bond acceptors (Lipinski definition) is 3. The summed E-state index contributed by atoms with van der Waals surface area (Å²) in [7, 11) is 0. The molecule has 2 atom stereocenters. The SMILES string of the molecule is CC[C@@H]1CCc2c(sc(NC(=O)[C@]3(C)CC3(Br)Br)c2C(N)=O)C1. The largest absolute Gasteiger partial charge is 0.365 e. The second-order valence-electron chi connectivity index (χ2n) is 6.76. The second kappa shape index (κ2) is 5.85. The van der Waals surface area contributed by atoms with Crippen LogP contribution in [0.2, 0.25) is 0 Å². The van der Waals surface area contributed by atoms with Crippen LogP contribution in [0, 0.1) is 11.3 Å². The predicted octanol–water partition coefficient (Wildman–Crippen LogP) is 4.20. The summed E-state index contributed by atoms with van der Waals surface area (Å²) >= 11 is 8.54. The maximum absolute atomic E-state index is 12.6. The lowest BCUT2D eigenvalue weighted by atomic mass is 9.85. The summed E-state index contributed by atoms with van der Waals surface area (Å²) in [5.74, 6) is 0.126.